The van der Waals surface area contributed by atoms with E-state index >= 15 is 0 Å². The molecule has 0 spiro atoms. The molecule has 0 atom stereocenters. The Kier molecular flexibility index (Phi) is 6.22. The highest BCUT2D eigenvalue weighted by molar-refractivity contribution is 7.18. The minimum Gasteiger partial charge on any atom is -0.382 e. The van der Waals surface area contributed by atoms with E-state index in [1.54, 1.807) is 0 Å². The Morgan fingerprint density at radius 1 is 1.45 bits per heavy atom. The summed E-state index contributed by atoms with van der Waals surface area (Å²) in [6.45, 7) is 9.70. The molecule has 0 unspecified atom stereocenters. The van der Waals surface area contributed by atoms with Crippen molar-refractivity contribution >= 4 is 28.2 Å². The van der Waals surface area contributed by atoms with Crippen LogP contribution in [0.2, 0.25) is 0 Å². The number of rotatable bonds is 8. The van der Waals surface area contributed by atoms with Crippen LogP contribution in [0.5, 0.6) is 0 Å². The second-order valence-corrected chi connectivity index (χ2v) is 6.03. The summed E-state index contributed by atoms with van der Waals surface area (Å²) in [6, 6.07) is 0. The van der Waals surface area contributed by atoms with E-state index in [4.69, 9.17) is 10.5 Å². The minimum absolute atomic E-state index is 0.211. The third-order valence-corrected chi connectivity index (χ3v) is 3.62. The first kappa shape index (κ1) is 16.7. The minimum atomic E-state index is -0.396. The fourth-order valence-corrected chi connectivity index (χ4v) is 2.44. The lowest BCUT2D eigenvalue weighted by atomic mass is 10.1. The lowest BCUT2D eigenvalue weighted by molar-refractivity contribution is -0.00812. The average molecular weight is 300 g/mol. The molecule has 0 bridgehead atoms. The number of nitrogens with one attached hydrogen (secondary N) is 2. The van der Waals surface area contributed by atoms with Crippen LogP contribution in [0.1, 0.15) is 43.8 Å². The first-order chi connectivity index (χ1) is 9.39. The number of anilines is 2. The topological polar surface area (TPSA) is 89.3 Å². The van der Waals surface area contributed by atoms with Crippen LogP contribution >= 0.6 is 11.3 Å². The number of aromatic nitrogens is 1. The highest BCUT2D eigenvalue weighted by Gasteiger charge is 2.21. The number of ether oxygens (including phenoxy) is 1. The Bertz CT molecular complexity index is 446. The van der Waals surface area contributed by atoms with Gasteiger partial charge in [-0.05, 0) is 27.2 Å². The van der Waals surface area contributed by atoms with Gasteiger partial charge in [0.15, 0.2) is 5.13 Å². The molecule has 6 nitrogen and oxygen atoms in total. The fraction of sp³-hybridized carbons (Fsp3) is 0.692. The van der Waals surface area contributed by atoms with Gasteiger partial charge in [0.25, 0.3) is 5.91 Å². The van der Waals surface area contributed by atoms with Crippen molar-refractivity contribution < 1.29 is 9.53 Å². The lowest BCUT2D eigenvalue weighted by Gasteiger charge is -2.24. The Hall–Kier alpha value is -1.34. The van der Waals surface area contributed by atoms with E-state index in [1.807, 2.05) is 20.8 Å². The quantitative estimate of drug-likeness (QED) is 0.684. The predicted octanol–water partition coefficient (Wildman–Crippen LogP) is 2.09. The third-order valence-electron chi connectivity index (χ3n) is 2.60. The Morgan fingerprint density at radius 2 is 2.15 bits per heavy atom. The second kappa shape index (κ2) is 7.44. The summed E-state index contributed by atoms with van der Waals surface area (Å²) in [6.07, 6.45) is 0.990. The van der Waals surface area contributed by atoms with Gasteiger partial charge in [0.05, 0.1) is 5.60 Å². The number of carbonyl (C=O) groups excluding carboxylic acids is 1. The molecule has 1 rings (SSSR count). The van der Waals surface area contributed by atoms with Crippen LogP contribution in [0, 0.1) is 0 Å². The Labute approximate surface area is 124 Å². The average Bonchev–Trinajstić information content (AvgIpc) is 2.75. The van der Waals surface area contributed by atoms with E-state index in [9.17, 15) is 4.79 Å². The Balaban J connectivity index is 2.61. The molecule has 0 aliphatic rings. The second-order valence-electron chi connectivity index (χ2n) is 5.04. The van der Waals surface area contributed by atoms with Gasteiger partial charge in [-0.3, -0.25) is 4.79 Å². The molecule has 0 aliphatic carbocycles. The maximum absolute atomic E-state index is 12.1. The number of nitrogens with two attached hydrogens (primary N) is 1. The third kappa shape index (κ3) is 4.97. The number of nitrogen functional groups attached to an aromatic ring is 1. The summed E-state index contributed by atoms with van der Waals surface area (Å²) >= 11 is 1.27. The summed E-state index contributed by atoms with van der Waals surface area (Å²) in [5.74, 6) is 0.0534. The van der Waals surface area contributed by atoms with Gasteiger partial charge in [-0.15, -0.1) is 0 Å². The van der Waals surface area contributed by atoms with E-state index in [0.717, 1.165) is 13.0 Å². The van der Waals surface area contributed by atoms with Crippen molar-refractivity contribution in [2.75, 3.05) is 30.7 Å². The molecule has 20 heavy (non-hydrogen) atoms. The van der Waals surface area contributed by atoms with Crippen molar-refractivity contribution in [2.24, 2.45) is 0 Å². The van der Waals surface area contributed by atoms with Crippen LogP contribution in [0.25, 0.3) is 0 Å². The predicted molar refractivity (Wildman–Crippen MR) is 83.3 cm³/mol. The van der Waals surface area contributed by atoms with Crippen molar-refractivity contribution in [3.05, 3.63) is 4.88 Å². The van der Waals surface area contributed by atoms with Gasteiger partial charge >= 0.3 is 0 Å². The zero-order chi connectivity index (χ0) is 15.2. The van der Waals surface area contributed by atoms with Gasteiger partial charge < -0.3 is 21.1 Å². The molecule has 1 aromatic heterocycles. The Morgan fingerprint density at radius 3 is 2.75 bits per heavy atom. The summed E-state index contributed by atoms with van der Waals surface area (Å²) in [4.78, 5) is 16.7. The van der Waals surface area contributed by atoms with Gasteiger partial charge in [0.2, 0.25) is 0 Å². The van der Waals surface area contributed by atoms with Crippen molar-refractivity contribution in [2.45, 2.75) is 39.7 Å². The number of nitrogens with zero attached hydrogens (tertiary/aromatic N) is 1. The summed E-state index contributed by atoms with van der Waals surface area (Å²) in [5, 5.41) is 6.64. The van der Waals surface area contributed by atoms with Gasteiger partial charge in [-0.1, -0.05) is 18.3 Å². The molecule has 0 saturated carbocycles. The van der Waals surface area contributed by atoms with Crippen LogP contribution in [0.4, 0.5) is 10.9 Å². The van der Waals surface area contributed by atoms with Crippen LogP contribution in [0.15, 0.2) is 0 Å². The fourth-order valence-electron chi connectivity index (χ4n) is 1.62. The normalized spacial score (nSPS) is 11.4. The van der Waals surface area contributed by atoms with E-state index in [1.165, 1.54) is 11.3 Å². The highest BCUT2D eigenvalue weighted by atomic mass is 32.1. The van der Waals surface area contributed by atoms with Crippen LogP contribution in [0.3, 0.4) is 0 Å². The monoisotopic (exact) mass is 300 g/mol. The van der Waals surface area contributed by atoms with Gasteiger partial charge in [0, 0.05) is 19.7 Å². The highest BCUT2D eigenvalue weighted by Crippen LogP contribution is 2.24. The zero-order valence-corrected chi connectivity index (χ0v) is 13.4. The number of hydrogen-bond donors (Lipinski definition) is 3. The van der Waals surface area contributed by atoms with E-state index in [2.05, 4.69) is 22.5 Å². The number of thiazole rings is 1. The number of carbonyl (C=O) groups is 1. The van der Waals surface area contributed by atoms with Crippen LogP contribution in [-0.4, -0.2) is 36.2 Å². The molecule has 0 radical (unpaired) electrons. The maximum atomic E-state index is 12.1. The number of amides is 1. The first-order valence-corrected chi connectivity index (χ1v) is 7.63. The van der Waals surface area contributed by atoms with E-state index in [0.29, 0.717) is 23.2 Å². The van der Waals surface area contributed by atoms with E-state index < -0.39 is 5.60 Å². The lowest BCUT2D eigenvalue weighted by Crippen LogP contribution is -2.40. The summed E-state index contributed by atoms with van der Waals surface area (Å²) < 4.78 is 5.53. The van der Waals surface area contributed by atoms with Crippen molar-refractivity contribution in [3.8, 4) is 0 Å². The largest absolute Gasteiger partial charge is 0.382 e. The van der Waals surface area contributed by atoms with Gasteiger partial charge in [-0.25, -0.2) is 4.98 Å². The molecule has 1 heterocycles. The molecule has 7 heteroatoms. The first-order valence-electron chi connectivity index (χ1n) is 6.82. The molecule has 0 aromatic carbocycles. The maximum Gasteiger partial charge on any atom is 0.265 e. The smallest absolute Gasteiger partial charge is 0.265 e. The molecule has 4 N–H and O–H groups in total. The van der Waals surface area contributed by atoms with Crippen molar-refractivity contribution in [1.82, 2.24) is 10.3 Å². The molecular formula is C13H24N4O2S. The summed E-state index contributed by atoms with van der Waals surface area (Å²) in [5.41, 5.74) is 5.38. The molecule has 1 aromatic rings. The molecular weight excluding hydrogens is 276 g/mol. The van der Waals surface area contributed by atoms with Crippen molar-refractivity contribution in [3.63, 3.8) is 0 Å². The van der Waals surface area contributed by atoms with Gasteiger partial charge in [0.1, 0.15) is 10.7 Å². The van der Waals surface area contributed by atoms with Crippen LogP contribution < -0.4 is 16.4 Å². The van der Waals surface area contributed by atoms with Crippen molar-refractivity contribution in [1.29, 1.82) is 0 Å². The molecule has 0 saturated heterocycles. The zero-order valence-electron chi connectivity index (χ0n) is 12.6. The molecule has 0 aliphatic heterocycles. The number of hydrogen-bond acceptors (Lipinski definition) is 6. The summed E-state index contributed by atoms with van der Waals surface area (Å²) in [7, 11) is 0. The molecule has 114 valence electrons. The van der Waals surface area contributed by atoms with Gasteiger partial charge in [-0.2, -0.15) is 0 Å². The van der Waals surface area contributed by atoms with Crippen LogP contribution in [-0.2, 0) is 4.74 Å². The SMILES string of the molecule is CCCNc1nc(N)c(C(=O)NCC(C)(C)OCC)s1. The molecule has 0 fully saturated rings. The van der Waals surface area contributed by atoms with E-state index in [-0.39, 0.29) is 11.7 Å². The molecule has 1 amide bonds. The standard InChI is InChI=1S/C13H24N4O2S/c1-5-7-15-12-17-10(14)9(20-12)11(18)16-8-13(3,4)19-6-2/h5-8,14H2,1-4H3,(H,15,17)(H,16,18).